The van der Waals surface area contributed by atoms with Crippen LogP contribution in [0.2, 0.25) is 0 Å². The molecule has 0 spiro atoms. The summed E-state index contributed by atoms with van der Waals surface area (Å²) < 4.78 is 28.3. The van der Waals surface area contributed by atoms with Crippen molar-refractivity contribution in [2.45, 2.75) is 96.3 Å². The molecule has 4 rings (SSSR count). The Bertz CT molecular complexity index is 615. The van der Waals surface area contributed by atoms with Gasteiger partial charge >= 0.3 is 0 Å². The van der Waals surface area contributed by atoms with E-state index in [1.807, 2.05) is 6.07 Å². The van der Waals surface area contributed by atoms with Crippen LogP contribution < -0.4 is 0 Å². The number of halogens is 2. The summed E-state index contributed by atoms with van der Waals surface area (Å²) in [4.78, 5) is 0. The molecule has 3 aliphatic carbocycles. The van der Waals surface area contributed by atoms with Gasteiger partial charge in [0.15, 0.2) is 11.6 Å². The Labute approximate surface area is 164 Å². The molecule has 0 aliphatic heterocycles. The Hall–Kier alpha value is -0.920. The Morgan fingerprint density at radius 1 is 0.593 bits per heavy atom. The molecule has 0 nitrogen and oxygen atoms in total. The summed E-state index contributed by atoms with van der Waals surface area (Å²) in [5.41, 5.74) is 1.04. The molecular weight excluding hydrogens is 338 g/mol. The van der Waals surface area contributed by atoms with Crippen molar-refractivity contribution in [3.63, 3.8) is 0 Å². The molecule has 0 amide bonds. The number of hydrogen-bond acceptors (Lipinski definition) is 0. The molecule has 0 unspecified atom stereocenters. The molecule has 0 atom stereocenters. The number of aryl methyl sites for hydroxylation is 1. The van der Waals surface area contributed by atoms with Crippen LogP contribution in [0.4, 0.5) is 8.78 Å². The second-order valence-corrected chi connectivity index (χ2v) is 9.78. The van der Waals surface area contributed by atoms with Crippen LogP contribution >= 0.6 is 0 Å². The normalized spacial score (nSPS) is 33.1. The van der Waals surface area contributed by atoms with Crippen LogP contribution in [0.1, 0.15) is 101 Å². The van der Waals surface area contributed by atoms with Crippen molar-refractivity contribution < 1.29 is 8.78 Å². The van der Waals surface area contributed by atoms with Gasteiger partial charge in [0.25, 0.3) is 0 Å². The van der Waals surface area contributed by atoms with E-state index in [4.69, 9.17) is 0 Å². The zero-order valence-corrected chi connectivity index (χ0v) is 17.0. The Balaban J connectivity index is 1.28. The first-order valence-electron chi connectivity index (χ1n) is 11.6. The molecule has 3 fully saturated rings. The highest BCUT2D eigenvalue weighted by Crippen LogP contribution is 2.47. The fraction of sp³-hybridized carbons (Fsp3) is 0.760. The minimum Gasteiger partial charge on any atom is -0.203 e. The summed E-state index contributed by atoms with van der Waals surface area (Å²) >= 11 is 0. The van der Waals surface area contributed by atoms with Crippen LogP contribution in [0.3, 0.4) is 0 Å². The van der Waals surface area contributed by atoms with Crippen LogP contribution in [-0.2, 0) is 0 Å². The maximum Gasteiger partial charge on any atom is 0.162 e. The average Bonchev–Trinajstić information content (AvgIpc) is 2.73. The van der Waals surface area contributed by atoms with Crippen LogP contribution in [0, 0.1) is 42.2 Å². The number of benzene rings is 1. The quantitative estimate of drug-likeness (QED) is 0.504. The monoisotopic (exact) mass is 374 g/mol. The molecular formula is C25H36F2. The van der Waals surface area contributed by atoms with E-state index in [1.54, 1.807) is 13.0 Å². The second kappa shape index (κ2) is 8.62. The molecule has 0 N–H and O–H groups in total. The third-order valence-corrected chi connectivity index (χ3v) is 8.32. The van der Waals surface area contributed by atoms with Gasteiger partial charge in [0, 0.05) is 0 Å². The molecule has 0 radical (unpaired) electrons. The molecule has 0 saturated heterocycles. The van der Waals surface area contributed by atoms with E-state index in [0.29, 0.717) is 11.1 Å². The maximum absolute atomic E-state index is 14.3. The highest BCUT2D eigenvalue weighted by atomic mass is 19.2. The molecule has 3 saturated carbocycles. The van der Waals surface area contributed by atoms with Gasteiger partial charge in [-0.05, 0) is 99.0 Å². The van der Waals surface area contributed by atoms with Crippen molar-refractivity contribution in [3.8, 4) is 0 Å². The maximum atomic E-state index is 14.3. The van der Waals surface area contributed by atoms with E-state index in [0.717, 1.165) is 36.5 Å². The van der Waals surface area contributed by atoms with Gasteiger partial charge in [0.1, 0.15) is 0 Å². The smallest absolute Gasteiger partial charge is 0.162 e. The van der Waals surface area contributed by atoms with E-state index in [-0.39, 0.29) is 5.92 Å². The molecule has 0 bridgehead atoms. The molecule has 0 heterocycles. The molecule has 27 heavy (non-hydrogen) atoms. The predicted octanol–water partition coefficient (Wildman–Crippen LogP) is 7.93. The van der Waals surface area contributed by atoms with Crippen LogP contribution in [0.5, 0.6) is 0 Å². The van der Waals surface area contributed by atoms with Gasteiger partial charge in [-0.15, -0.1) is 0 Å². The largest absolute Gasteiger partial charge is 0.203 e. The van der Waals surface area contributed by atoms with E-state index in [1.165, 1.54) is 70.6 Å². The lowest BCUT2D eigenvalue weighted by molar-refractivity contribution is 0.119. The average molecular weight is 375 g/mol. The molecule has 1 aromatic carbocycles. The summed E-state index contributed by atoms with van der Waals surface area (Å²) in [5, 5.41) is 0. The SMILES string of the molecule is Cc1ccc(C2CCC(C3CCC(C4CCCCC4)CC3)CC2)c(F)c1F. The van der Waals surface area contributed by atoms with E-state index >= 15 is 0 Å². The summed E-state index contributed by atoms with van der Waals surface area (Å²) in [6.45, 7) is 1.64. The molecule has 2 heteroatoms. The minimum atomic E-state index is -0.643. The lowest BCUT2D eigenvalue weighted by atomic mass is 9.65. The van der Waals surface area contributed by atoms with Crippen LogP contribution in [0.25, 0.3) is 0 Å². The van der Waals surface area contributed by atoms with Crippen molar-refractivity contribution in [1.29, 1.82) is 0 Å². The third kappa shape index (κ3) is 4.25. The van der Waals surface area contributed by atoms with Gasteiger partial charge in [0.05, 0.1) is 0 Å². The molecule has 0 aromatic heterocycles. The first-order chi connectivity index (χ1) is 13.1. The van der Waals surface area contributed by atoms with E-state index < -0.39 is 11.6 Å². The molecule has 1 aromatic rings. The topological polar surface area (TPSA) is 0 Å². The van der Waals surface area contributed by atoms with Crippen LogP contribution in [-0.4, -0.2) is 0 Å². The van der Waals surface area contributed by atoms with Crippen molar-refractivity contribution in [2.24, 2.45) is 23.7 Å². The first kappa shape index (κ1) is 19.4. The van der Waals surface area contributed by atoms with Gasteiger partial charge < -0.3 is 0 Å². The first-order valence-corrected chi connectivity index (χ1v) is 11.6. The minimum absolute atomic E-state index is 0.218. The zero-order valence-electron chi connectivity index (χ0n) is 17.0. The van der Waals surface area contributed by atoms with Crippen molar-refractivity contribution in [2.75, 3.05) is 0 Å². The lowest BCUT2D eigenvalue weighted by Gasteiger charge is -2.40. The van der Waals surface area contributed by atoms with Gasteiger partial charge in [-0.1, -0.05) is 44.2 Å². The fourth-order valence-electron chi connectivity index (χ4n) is 6.57. The van der Waals surface area contributed by atoms with Crippen molar-refractivity contribution in [3.05, 3.63) is 34.9 Å². The molecule has 3 aliphatic rings. The Kier molecular flexibility index (Phi) is 6.19. The summed E-state index contributed by atoms with van der Waals surface area (Å²) in [7, 11) is 0. The van der Waals surface area contributed by atoms with Crippen LogP contribution in [0.15, 0.2) is 12.1 Å². The fourth-order valence-corrected chi connectivity index (χ4v) is 6.57. The highest BCUT2D eigenvalue weighted by molar-refractivity contribution is 5.28. The number of hydrogen-bond donors (Lipinski definition) is 0. The van der Waals surface area contributed by atoms with E-state index in [2.05, 4.69) is 0 Å². The van der Waals surface area contributed by atoms with Gasteiger partial charge in [-0.25, -0.2) is 8.78 Å². The Morgan fingerprint density at radius 3 is 1.63 bits per heavy atom. The molecule has 150 valence electrons. The standard InChI is InChI=1S/C25H36F2/c1-17-7-16-23(25(27)24(17)26)22-14-12-21(13-15-22)20-10-8-19(9-11-20)18-5-3-2-4-6-18/h7,16,18-22H,2-6,8-15H2,1H3. The number of rotatable bonds is 3. The second-order valence-electron chi connectivity index (χ2n) is 9.78. The van der Waals surface area contributed by atoms with Gasteiger partial charge in [-0.3, -0.25) is 0 Å². The Morgan fingerprint density at radius 2 is 1.07 bits per heavy atom. The summed E-state index contributed by atoms with van der Waals surface area (Å²) in [6.07, 6.45) is 17.6. The summed E-state index contributed by atoms with van der Waals surface area (Å²) in [5.74, 6) is 2.73. The van der Waals surface area contributed by atoms with Gasteiger partial charge in [-0.2, -0.15) is 0 Å². The third-order valence-electron chi connectivity index (χ3n) is 8.32. The zero-order chi connectivity index (χ0) is 18.8. The lowest BCUT2D eigenvalue weighted by Crippen LogP contribution is -2.28. The van der Waals surface area contributed by atoms with Gasteiger partial charge in [0.2, 0.25) is 0 Å². The summed E-state index contributed by atoms with van der Waals surface area (Å²) in [6, 6.07) is 3.57. The van der Waals surface area contributed by atoms with E-state index in [9.17, 15) is 8.78 Å². The van der Waals surface area contributed by atoms with Crippen molar-refractivity contribution >= 4 is 0 Å². The highest BCUT2D eigenvalue weighted by Gasteiger charge is 2.34. The predicted molar refractivity (Wildman–Crippen MR) is 108 cm³/mol. The van der Waals surface area contributed by atoms with Crippen molar-refractivity contribution in [1.82, 2.24) is 0 Å².